The van der Waals surface area contributed by atoms with Gasteiger partial charge in [-0.25, -0.2) is 13.1 Å². The fourth-order valence-corrected chi connectivity index (χ4v) is 4.01. The van der Waals surface area contributed by atoms with Crippen LogP contribution in [0.2, 0.25) is 0 Å². The van der Waals surface area contributed by atoms with E-state index in [0.29, 0.717) is 11.4 Å². The van der Waals surface area contributed by atoms with Gasteiger partial charge in [-0.05, 0) is 32.0 Å². The molecular weight excluding hydrogens is 276 g/mol. The van der Waals surface area contributed by atoms with Crippen LogP contribution < -0.4 is 10.5 Å². The first kappa shape index (κ1) is 15.5. The van der Waals surface area contributed by atoms with Crippen molar-refractivity contribution in [3.8, 4) is 0 Å². The fraction of sp³-hybridized carbons (Fsp3) is 0.692. The molecule has 2 rings (SSSR count). The first-order valence-corrected chi connectivity index (χ1v) is 8.54. The summed E-state index contributed by atoms with van der Waals surface area (Å²) in [7, 11) is -1.65. The lowest BCUT2D eigenvalue weighted by atomic mass is 10.1. The van der Waals surface area contributed by atoms with Gasteiger partial charge < -0.3 is 15.2 Å². The first-order chi connectivity index (χ1) is 9.46. The Labute approximate surface area is 121 Å². The summed E-state index contributed by atoms with van der Waals surface area (Å²) < 4.78 is 29.4. The molecule has 0 bridgehead atoms. The van der Waals surface area contributed by atoms with Gasteiger partial charge in [0.1, 0.15) is 0 Å². The highest BCUT2D eigenvalue weighted by atomic mass is 32.2. The number of nitrogens with zero attached hydrogens (tertiary/aromatic N) is 2. The molecule has 0 radical (unpaired) electrons. The summed E-state index contributed by atoms with van der Waals surface area (Å²) in [6, 6.07) is 1.64. The smallest absolute Gasteiger partial charge is 0.242 e. The second-order valence-corrected chi connectivity index (χ2v) is 7.05. The molecule has 0 aliphatic carbocycles. The maximum Gasteiger partial charge on any atom is 0.242 e. The third kappa shape index (κ3) is 3.41. The van der Waals surface area contributed by atoms with Gasteiger partial charge >= 0.3 is 0 Å². The average molecular weight is 300 g/mol. The van der Waals surface area contributed by atoms with Crippen molar-refractivity contribution in [2.24, 2.45) is 12.8 Å². The van der Waals surface area contributed by atoms with Crippen molar-refractivity contribution < 1.29 is 8.42 Å². The summed E-state index contributed by atoms with van der Waals surface area (Å²) >= 11 is 0. The summed E-state index contributed by atoms with van der Waals surface area (Å²) in [4.78, 5) is 2.57. The third-order valence-corrected chi connectivity index (χ3v) is 5.36. The Morgan fingerprint density at radius 2 is 2.25 bits per heavy atom. The number of likely N-dealkylation sites (N-methyl/N-ethyl adjacent to an activating group) is 1. The fourth-order valence-electron chi connectivity index (χ4n) is 2.65. The van der Waals surface area contributed by atoms with E-state index in [1.54, 1.807) is 23.9 Å². The van der Waals surface area contributed by atoms with E-state index in [1.807, 2.05) is 0 Å². The number of sulfonamides is 1. The molecule has 1 atom stereocenters. The maximum atomic E-state index is 12.4. The van der Waals surface area contributed by atoms with Gasteiger partial charge in [0.05, 0.1) is 4.90 Å². The van der Waals surface area contributed by atoms with Gasteiger partial charge in [-0.2, -0.15) is 0 Å². The second kappa shape index (κ2) is 6.26. The Hall–Kier alpha value is -0.890. The first-order valence-electron chi connectivity index (χ1n) is 7.06. The standard InChI is InChI=1S/C13H24N4O2S/c1-3-17-6-4-5-11(9-17)15-20(18,19)13-7-12(8-14)16(2)10-13/h7,10-11,15H,3-6,8-9,14H2,1-2H3. The monoisotopic (exact) mass is 300 g/mol. The second-order valence-electron chi connectivity index (χ2n) is 5.34. The summed E-state index contributed by atoms with van der Waals surface area (Å²) in [5, 5.41) is 0. The number of hydrogen-bond donors (Lipinski definition) is 2. The minimum absolute atomic E-state index is 0.00441. The van der Waals surface area contributed by atoms with Gasteiger partial charge in [-0.15, -0.1) is 0 Å². The zero-order valence-corrected chi connectivity index (χ0v) is 13.0. The molecule has 6 nitrogen and oxygen atoms in total. The molecule has 0 amide bonds. The minimum Gasteiger partial charge on any atom is -0.352 e. The molecule has 3 N–H and O–H groups in total. The lowest BCUT2D eigenvalue weighted by molar-refractivity contribution is 0.211. The predicted molar refractivity (Wildman–Crippen MR) is 78.8 cm³/mol. The summed E-state index contributed by atoms with van der Waals surface area (Å²) in [5.74, 6) is 0. The van der Waals surface area contributed by atoms with Gasteiger partial charge in [0.25, 0.3) is 0 Å². The van der Waals surface area contributed by atoms with E-state index in [-0.39, 0.29) is 6.04 Å². The quantitative estimate of drug-likeness (QED) is 0.817. The Kier molecular flexibility index (Phi) is 4.85. The molecule has 20 heavy (non-hydrogen) atoms. The molecule has 114 valence electrons. The van der Waals surface area contributed by atoms with Crippen LogP contribution in [0, 0.1) is 0 Å². The molecule has 7 heteroatoms. The van der Waals surface area contributed by atoms with Gasteiger partial charge in [0.15, 0.2) is 0 Å². The van der Waals surface area contributed by atoms with Crippen LogP contribution in [0.15, 0.2) is 17.2 Å². The van der Waals surface area contributed by atoms with Crippen LogP contribution in [0.4, 0.5) is 0 Å². The molecule has 1 aromatic rings. The Morgan fingerprint density at radius 3 is 2.85 bits per heavy atom. The van der Waals surface area contributed by atoms with Crippen LogP contribution in [0.1, 0.15) is 25.5 Å². The van der Waals surface area contributed by atoms with Crippen LogP contribution in [-0.4, -0.2) is 43.6 Å². The van der Waals surface area contributed by atoms with Crippen LogP contribution >= 0.6 is 0 Å². The Balaban J connectivity index is 2.10. The summed E-state index contributed by atoms with van der Waals surface area (Å²) in [6.45, 7) is 5.23. The normalized spacial score (nSPS) is 21.2. The van der Waals surface area contributed by atoms with Crippen LogP contribution in [0.5, 0.6) is 0 Å². The number of aromatic nitrogens is 1. The van der Waals surface area contributed by atoms with E-state index >= 15 is 0 Å². The highest BCUT2D eigenvalue weighted by Crippen LogP contribution is 2.16. The zero-order valence-electron chi connectivity index (χ0n) is 12.2. The van der Waals surface area contributed by atoms with E-state index in [2.05, 4.69) is 16.5 Å². The number of nitrogens with one attached hydrogen (secondary N) is 1. The average Bonchev–Trinajstić information content (AvgIpc) is 2.80. The lowest BCUT2D eigenvalue weighted by Gasteiger charge is -2.31. The highest BCUT2D eigenvalue weighted by molar-refractivity contribution is 7.89. The summed E-state index contributed by atoms with van der Waals surface area (Å²) in [6.07, 6.45) is 3.54. The molecule has 1 saturated heterocycles. The van der Waals surface area contributed by atoms with Gasteiger partial charge in [-0.3, -0.25) is 0 Å². The number of nitrogens with two attached hydrogens (primary N) is 1. The zero-order chi connectivity index (χ0) is 14.8. The Bertz CT molecular complexity index is 553. The number of likely N-dealkylation sites (tertiary alicyclic amines) is 1. The number of aryl methyl sites for hydroxylation is 1. The minimum atomic E-state index is -3.46. The molecule has 1 aliphatic rings. The third-order valence-electron chi connectivity index (χ3n) is 3.88. The number of hydrogen-bond acceptors (Lipinski definition) is 4. The maximum absolute atomic E-state index is 12.4. The molecule has 1 aliphatic heterocycles. The van der Waals surface area contributed by atoms with Crippen molar-refractivity contribution in [1.29, 1.82) is 0 Å². The van der Waals surface area contributed by atoms with Gasteiger partial charge in [0.2, 0.25) is 10.0 Å². The lowest BCUT2D eigenvalue weighted by Crippen LogP contribution is -2.47. The predicted octanol–water partition coefficient (Wildman–Crippen LogP) is 0.246. The number of rotatable bonds is 5. The highest BCUT2D eigenvalue weighted by Gasteiger charge is 2.25. The van der Waals surface area contributed by atoms with Crippen molar-refractivity contribution in [2.45, 2.75) is 37.2 Å². The van der Waals surface area contributed by atoms with Crippen molar-refractivity contribution in [1.82, 2.24) is 14.2 Å². The molecule has 0 saturated carbocycles. The van der Waals surface area contributed by atoms with Crippen LogP contribution in [-0.2, 0) is 23.6 Å². The van der Waals surface area contributed by atoms with E-state index in [9.17, 15) is 8.42 Å². The molecule has 0 aromatic carbocycles. The van der Waals surface area contributed by atoms with E-state index in [1.165, 1.54) is 0 Å². The number of piperidine rings is 1. The largest absolute Gasteiger partial charge is 0.352 e. The van der Waals surface area contributed by atoms with Crippen LogP contribution in [0.25, 0.3) is 0 Å². The molecule has 1 aromatic heterocycles. The van der Waals surface area contributed by atoms with Crippen molar-refractivity contribution >= 4 is 10.0 Å². The van der Waals surface area contributed by atoms with Crippen molar-refractivity contribution in [3.05, 3.63) is 18.0 Å². The summed E-state index contributed by atoms with van der Waals surface area (Å²) in [5.41, 5.74) is 6.39. The topological polar surface area (TPSA) is 80.4 Å². The molecule has 0 spiro atoms. The van der Waals surface area contributed by atoms with Gasteiger partial charge in [0, 0.05) is 38.1 Å². The van der Waals surface area contributed by atoms with Crippen molar-refractivity contribution in [3.63, 3.8) is 0 Å². The Morgan fingerprint density at radius 1 is 1.50 bits per heavy atom. The molecular formula is C13H24N4O2S. The molecule has 1 unspecified atom stereocenters. The van der Waals surface area contributed by atoms with E-state index in [4.69, 9.17) is 5.73 Å². The molecule has 2 heterocycles. The van der Waals surface area contributed by atoms with Crippen molar-refractivity contribution in [2.75, 3.05) is 19.6 Å². The molecule has 1 fully saturated rings. The van der Waals surface area contributed by atoms with Crippen LogP contribution in [0.3, 0.4) is 0 Å². The van der Waals surface area contributed by atoms with E-state index < -0.39 is 10.0 Å². The van der Waals surface area contributed by atoms with E-state index in [0.717, 1.165) is 38.2 Å². The van der Waals surface area contributed by atoms with Gasteiger partial charge in [-0.1, -0.05) is 6.92 Å². The SMILES string of the molecule is CCN1CCCC(NS(=O)(=O)c2cc(CN)n(C)c2)C1.